The second kappa shape index (κ2) is 8.02. The molecule has 1 aliphatic heterocycles. The Balaban J connectivity index is 2.00. The Kier molecular flexibility index (Phi) is 6.02. The minimum absolute atomic E-state index is 0.0515. The molecular formula is C19H25N3O3. The summed E-state index contributed by atoms with van der Waals surface area (Å²) in [5.41, 5.74) is 0.538. The summed E-state index contributed by atoms with van der Waals surface area (Å²) in [6.45, 7) is 6.48. The highest BCUT2D eigenvalue weighted by Gasteiger charge is 2.28. The molecular weight excluding hydrogens is 318 g/mol. The van der Waals surface area contributed by atoms with Gasteiger partial charge in [0.25, 0.3) is 5.91 Å². The first kappa shape index (κ1) is 18.8. The molecule has 0 aliphatic carbocycles. The summed E-state index contributed by atoms with van der Waals surface area (Å²) in [6, 6.07) is 8.63. The number of amides is 2. The molecule has 6 nitrogen and oxygen atoms in total. The number of benzene rings is 1. The molecule has 0 radical (unpaired) electrons. The SMILES string of the molecule is CC(C)(C)OC(=O)NC[C@@H]1CCCCN1C(=O)c1ccc(C#N)cc1. The van der Waals surface area contributed by atoms with Crippen LogP contribution in [0, 0.1) is 11.3 Å². The fourth-order valence-corrected chi connectivity index (χ4v) is 2.85. The van der Waals surface area contributed by atoms with Crippen molar-refractivity contribution in [2.75, 3.05) is 13.1 Å². The highest BCUT2D eigenvalue weighted by molar-refractivity contribution is 5.94. The van der Waals surface area contributed by atoms with Gasteiger partial charge in [-0.15, -0.1) is 0 Å². The second-order valence-electron chi connectivity index (χ2n) is 7.22. The van der Waals surface area contributed by atoms with E-state index in [2.05, 4.69) is 5.32 Å². The van der Waals surface area contributed by atoms with Crippen molar-refractivity contribution in [2.45, 2.75) is 51.7 Å². The van der Waals surface area contributed by atoms with Crippen LogP contribution in [0.3, 0.4) is 0 Å². The van der Waals surface area contributed by atoms with Gasteiger partial charge >= 0.3 is 6.09 Å². The minimum Gasteiger partial charge on any atom is -0.444 e. The van der Waals surface area contributed by atoms with E-state index in [0.29, 0.717) is 24.2 Å². The number of nitrogens with one attached hydrogen (secondary N) is 1. The topological polar surface area (TPSA) is 82.4 Å². The van der Waals surface area contributed by atoms with E-state index < -0.39 is 11.7 Å². The van der Waals surface area contributed by atoms with Crippen LogP contribution in [0.1, 0.15) is 56.0 Å². The highest BCUT2D eigenvalue weighted by atomic mass is 16.6. The normalized spacial score (nSPS) is 17.5. The fraction of sp³-hybridized carbons (Fsp3) is 0.526. The second-order valence-corrected chi connectivity index (χ2v) is 7.22. The third-order valence-electron chi connectivity index (χ3n) is 4.03. The summed E-state index contributed by atoms with van der Waals surface area (Å²) >= 11 is 0. The molecule has 1 atom stereocenters. The summed E-state index contributed by atoms with van der Waals surface area (Å²) in [4.78, 5) is 26.4. The molecule has 0 saturated carbocycles. The molecule has 2 rings (SSSR count). The van der Waals surface area contributed by atoms with Crippen LogP contribution in [-0.4, -0.2) is 41.6 Å². The van der Waals surface area contributed by atoms with E-state index in [0.717, 1.165) is 19.3 Å². The molecule has 1 saturated heterocycles. The van der Waals surface area contributed by atoms with Crippen molar-refractivity contribution in [2.24, 2.45) is 0 Å². The summed E-state index contributed by atoms with van der Waals surface area (Å²) < 4.78 is 5.25. The van der Waals surface area contributed by atoms with Crippen molar-refractivity contribution in [1.29, 1.82) is 5.26 Å². The first-order chi connectivity index (χ1) is 11.8. The summed E-state index contributed by atoms with van der Waals surface area (Å²) in [5.74, 6) is -0.0693. The van der Waals surface area contributed by atoms with Gasteiger partial charge in [-0.1, -0.05) is 0 Å². The quantitative estimate of drug-likeness (QED) is 0.914. The molecule has 0 spiro atoms. The number of piperidine rings is 1. The van der Waals surface area contributed by atoms with E-state index in [-0.39, 0.29) is 11.9 Å². The molecule has 2 amide bonds. The van der Waals surface area contributed by atoms with Crippen LogP contribution in [0.15, 0.2) is 24.3 Å². The average Bonchev–Trinajstić information content (AvgIpc) is 2.58. The van der Waals surface area contributed by atoms with E-state index in [1.54, 1.807) is 24.3 Å². The van der Waals surface area contributed by atoms with Crippen molar-refractivity contribution >= 4 is 12.0 Å². The van der Waals surface area contributed by atoms with Gasteiger partial charge in [-0.3, -0.25) is 4.79 Å². The van der Waals surface area contributed by atoms with Crippen molar-refractivity contribution < 1.29 is 14.3 Å². The number of nitrogens with zero attached hydrogens (tertiary/aromatic N) is 2. The molecule has 1 heterocycles. The van der Waals surface area contributed by atoms with E-state index in [1.807, 2.05) is 31.7 Å². The van der Waals surface area contributed by atoms with Crippen molar-refractivity contribution in [3.8, 4) is 6.07 Å². The van der Waals surface area contributed by atoms with Crippen molar-refractivity contribution in [3.05, 3.63) is 35.4 Å². The van der Waals surface area contributed by atoms with Gasteiger partial charge in [0.1, 0.15) is 5.60 Å². The van der Waals surface area contributed by atoms with Gasteiger partial charge in [0.2, 0.25) is 0 Å². The average molecular weight is 343 g/mol. The van der Waals surface area contributed by atoms with Crippen LogP contribution in [0.5, 0.6) is 0 Å². The van der Waals surface area contributed by atoms with Gasteiger partial charge in [0.05, 0.1) is 11.6 Å². The summed E-state index contributed by atoms with van der Waals surface area (Å²) in [5, 5.41) is 11.6. The van der Waals surface area contributed by atoms with Crippen LogP contribution < -0.4 is 5.32 Å². The lowest BCUT2D eigenvalue weighted by Crippen LogP contribution is -2.50. The number of nitriles is 1. The van der Waals surface area contributed by atoms with Gasteiger partial charge in [-0.25, -0.2) is 4.79 Å². The first-order valence-corrected chi connectivity index (χ1v) is 8.58. The smallest absolute Gasteiger partial charge is 0.407 e. The molecule has 1 aromatic rings. The lowest BCUT2D eigenvalue weighted by atomic mass is 10.0. The van der Waals surface area contributed by atoms with Crippen LogP contribution in [0.2, 0.25) is 0 Å². The maximum absolute atomic E-state index is 12.8. The Morgan fingerprint density at radius 3 is 2.56 bits per heavy atom. The molecule has 0 unspecified atom stereocenters. The first-order valence-electron chi connectivity index (χ1n) is 8.58. The monoisotopic (exact) mass is 343 g/mol. The van der Waals surface area contributed by atoms with Gasteiger partial charge in [-0.2, -0.15) is 5.26 Å². The third-order valence-corrected chi connectivity index (χ3v) is 4.03. The maximum atomic E-state index is 12.8. The summed E-state index contributed by atoms with van der Waals surface area (Å²) in [6.07, 6.45) is 2.35. The zero-order valence-electron chi connectivity index (χ0n) is 15.0. The Morgan fingerprint density at radius 1 is 1.28 bits per heavy atom. The number of carbonyl (C=O) groups is 2. The van der Waals surface area contributed by atoms with E-state index >= 15 is 0 Å². The zero-order valence-corrected chi connectivity index (χ0v) is 15.0. The molecule has 0 bridgehead atoms. The molecule has 134 valence electrons. The number of hydrogen-bond acceptors (Lipinski definition) is 4. The fourth-order valence-electron chi connectivity index (χ4n) is 2.85. The Hall–Kier alpha value is -2.55. The van der Waals surface area contributed by atoms with Crippen molar-refractivity contribution in [1.82, 2.24) is 10.2 Å². The van der Waals surface area contributed by atoms with Crippen LogP contribution in [0.25, 0.3) is 0 Å². The largest absolute Gasteiger partial charge is 0.444 e. The Morgan fingerprint density at radius 2 is 1.96 bits per heavy atom. The number of ether oxygens (including phenoxy) is 1. The summed E-state index contributed by atoms with van der Waals surface area (Å²) in [7, 11) is 0. The molecule has 25 heavy (non-hydrogen) atoms. The van der Waals surface area contributed by atoms with E-state index in [4.69, 9.17) is 10.00 Å². The lowest BCUT2D eigenvalue weighted by Gasteiger charge is -2.36. The van der Waals surface area contributed by atoms with Gasteiger partial charge in [0.15, 0.2) is 0 Å². The Labute approximate surface area is 148 Å². The molecule has 1 aromatic carbocycles. The molecule has 1 aliphatic rings. The molecule has 1 N–H and O–H groups in total. The van der Waals surface area contributed by atoms with Gasteiger partial charge in [-0.05, 0) is 64.3 Å². The highest BCUT2D eigenvalue weighted by Crippen LogP contribution is 2.20. The van der Waals surface area contributed by atoms with E-state index in [1.165, 1.54) is 0 Å². The van der Waals surface area contributed by atoms with Crippen molar-refractivity contribution in [3.63, 3.8) is 0 Å². The Bertz CT molecular complexity index is 656. The lowest BCUT2D eigenvalue weighted by molar-refractivity contribution is 0.0462. The van der Waals surface area contributed by atoms with Crippen LogP contribution in [0.4, 0.5) is 4.79 Å². The predicted octanol–water partition coefficient (Wildman–Crippen LogP) is 3.08. The number of hydrogen-bond donors (Lipinski definition) is 1. The molecule has 0 aromatic heterocycles. The molecule has 6 heteroatoms. The standard InChI is InChI=1S/C19H25N3O3/c1-19(2,3)25-18(24)21-13-16-6-4-5-11-22(16)17(23)15-9-7-14(12-20)8-10-15/h7-10,16H,4-6,11,13H2,1-3H3,(H,21,24)/t16-/m0/s1. The maximum Gasteiger partial charge on any atom is 0.407 e. The number of carbonyl (C=O) groups excluding carboxylic acids is 2. The minimum atomic E-state index is -0.547. The van der Waals surface area contributed by atoms with Gasteiger partial charge < -0.3 is 15.0 Å². The third kappa shape index (κ3) is 5.49. The number of rotatable bonds is 3. The van der Waals surface area contributed by atoms with E-state index in [9.17, 15) is 9.59 Å². The predicted molar refractivity (Wildman–Crippen MR) is 94.1 cm³/mol. The zero-order chi connectivity index (χ0) is 18.4. The van der Waals surface area contributed by atoms with Crippen LogP contribution in [-0.2, 0) is 4.74 Å². The molecule has 1 fully saturated rings. The number of alkyl carbamates (subject to hydrolysis) is 1. The number of likely N-dealkylation sites (tertiary alicyclic amines) is 1. The van der Waals surface area contributed by atoms with Gasteiger partial charge in [0, 0.05) is 24.7 Å². The van der Waals surface area contributed by atoms with Crippen LogP contribution >= 0.6 is 0 Å².